The van der Waals surface area contributed by atoms with Crippen LogP contribution < -0.4 is 0 Å². The maximum Gasteiger partial charge on any atom is 0.334 e. The Morgan fingerprint density at radius 1 is 1.69 bits per heavy atom. The average molecular weight is 246 g/mol. The maximum atomic E-state index is 11.3. The molecule has 1 spiro atoms. The summed E-state index contributed by atoms with van der Waals surface area (Å²) in [5.74, 6) is 1.56. The number of aliphatic hydroxyl groups excluding tert-OH is 1. The Labute approximate surface area is 99.7 Å². The third kappa shape index (κ3) is 2.36. The number of hydrogen-bond donors (Lipinski definition) is 1. The molecule has 0 aromatic carbocycles. The van der Waals surface area contributed by atoms with Gasteiger partial charge in [0.05, 0.1) is 12.7 Å². The number of aliphatic hydroxyl groups is 1. The van der Waals surface area contributed by atoms with E-state index in [0.29, 0.717) is 6.61 Å². The highest BCUT2D eigenvalue weighted by Crippen LogP contribution is 2.41. The lowest BCUT2D eigenvalue weighted by atomic mass is 9.82. The molecular weight excluding hydrogens is 228 g/mol. The second-order valence-corrected chi connectivity index (χ2v) is 5.66. The van der Waals surface area contributed by atoms with Gasteiger partial charge >= 0.3 is 5.97 Å². The van der Waals surface area contributed by atoms with Gasteiger partial charge in [-0.05, 0) is 25.0 Å². The number of ether oxygens (including phenoxy) is 2. The molecule has 4 nitrogen and oxygen atoms in total. The lowest BCUT2D eigenvalue weighted by molar-refractivity contribution is -0.160. The Kier molecular flexibility index (Phi) is 3.77. The lowest BCUT2D eigenvalue weighted by Crippen LogP contribution is -2.45. The van der Waals surface area contributed by atoms with Gasteiger partial charge in [0.1, 0.15) is 0 Å². The van der Waals surface area contributed by atoms with Gasteiger partial charge in [-0.25, -0.2) is 4.79 Å². The summed E-state index contributed by atoms with van der Waals surface area (Å²) >= 11 is 1.88. The zero-order valence-electron chi connectivity index (χ0n) is 9.48. The van der Waals surface area contributed by atoms with Gasteiger partial charge in [0.2, 0.25) is 0 Å². The molecule has 5 heteroatoms. The molecule has 3 atom stereocenters. The highest BCUT2D eigenvalue weighted by Gasteiger charge is 2.43. The van der Waals surface area contributed by atoms with Crippen molar-refractivity contribution in [3.8, 4) is 0 Å². The fraction of sp³-hybridized carbons (Fsp3) is 0.909. The first-order valence-electron chi connectivity index (χ1n) is 5.64. The maximum absolute atomic E-state index is 11.3. The standard InChI is InChI=1S/C11H18O4S/c1-14-10(13)9(12)8-2-4-15-11(6-8)3-5-16-7-11/h8-9,12H,2-7H2,1H3. The summed E-state index contributed by atoms with van der Waals surface area (Å²) in [5.41, 5.74) is -0.0947. The third-order valence-electron chi connectivity index (χ3n) is 3.49. The molecule has 0 bridgehead atoms. The molecule has 2 aliphatic rings. The largest absolute Gasteiger partial charge is 0.467 e. The molecule has 1 N–H and O–H groups in total. The smallest absolute Gasteiger partial charge is 0.334 e. The minimum absolute atomic E-state index is 0.0140. The fourth-order valence-corrected chi connectivity index (χ4v) is 3.89. The minimum atomic E-state index is -0.989. The van der Waals surface area contributed by atoms with Gasteiger partial charge in [0.15, 0.2) is 6.10 Å². The van der Waals surface area contributed by atoms with Gasteiger partial charge in [-0.2, -0.15) is 11.8 Å². The minimum Gasteiger partial charge on any atom is -0.467 e. The van der Waals surface area contributed by atoms with Crippen LogP contribution in [-0.2, 0) is 14.3 Å². The Morgan fingerprint density at radius 2 is 2.50 bits per heavy atom. The molecule has 0 amide bonds. The van der Waals surface area contributed by atoms with Crippen LogP contribution in [0, 0.1) is 5.92 Å². The molecular formula is C11H18O4S. The molecule has 2 aliphatic heterocycles. The average Bonchev–Trinajstić information content (AvgIpc) is 2.75. The summed E-state index contributed by atoms with van der Waals surface area (Å²) in [7, 11) is 1.31. The fourth-order valence-electron chi connectivity index (χ4n) is 2.51. The second kappa shape index (κ2) is 4.94. The van der Waals surface area contributed by atoms with E-state index in [1.54, 1.807) is 0 Å². The molecule has 16 heavy (non-hydrogen) atoms. The Balaban J connectivity index is 1.98. The van der Waals surface area contributed by atoms with Crippen molar-refractivity contribution in [1.82, 2.24) is 0 Å². The summed E-state index contributed by atoms with van der Waals surface area (Å²) in [6.07, 6.45) is 1.55. The van der Waals surface area contributed by atoms with Crippen LogP contribution in [0.25, 0.3) is 0 Å². The Hall–Kier alpha value is -0.260. The van der Waals surface area contributed by atoms with E-state index >= 15 is 0 Å². The SMILES string of the molecule is COC(=O)C(O)C1CCOC2(CCSC2)C1. The normalized spacial score (nSPS) is 36.2. The van der Waals surface area contributed by atoms with E-state index in [0.717, 1.165) is 30.8 Å². The number of rotatable bonds is 2. The highest BCUT2D eigenvalue weighted by molar-refractivity contribution is 7.99. The molecule has 3 unspecified atom stereocenters. The van der Waals surface area contributed by atoms with Gasteiger partial charge in [-0.3, -0.25) is 0 Å². The van der Waals surface area contributed by atoms with Gasteiger partial charge in [-0.15, -0.1) is 0 Å². The first-order valence-corrected chi connectivity index (χ1v) is 6.80. The van der Waals surface area contributed by atoms with Crippen LogP contribution in [-0.4, -0.2) is 48.0 Å². The number of carbonyl (C=O) groups is 1. The molecule has 2 rings (SSSR count). The van der Waals surface area contributed by atoms with Gasteiger partial charge in [-0.1, -0.05) is 0 Å². The highest BCUT2D eigenvalue weighted by atomic mass is 32.2. The molecule has 2 fully saturated rings. The van der Waals surface area contributed by atoms with Crippen LogP contribution >= 0.6 is 11.8 Å². The molecule has 0 saturated carbocycles. The molecule has 0 aromatic heterocycles. The third-order valence-corrected chi connectivity index (χ3v) is 4.71. The number of esters is 1. The first-order chi connectivity index (χ1) is 7.67. The number of hydrogen-bond acceptors (Lipinski definition) is 5. The summed E-state index contributed by atoms with van der Waals surface area (Å²) in [6.45, 7) is 0.638. The van der Waals surface area contributed by atoms with E-state index < -0.39 is 12.1 Å². The molecule has 0 aliphatic carbocycles. The summed E-state index contributed by atoms with van der Waals surface area (Å²) < 4.78 is 10.4. The van der Waals surface area contributed by atoms with Crippen LogP contribution in [0.5, 0.6) is 0 Å². The summed E-state index contributed by atoms with van der Waals surface area (Å²) in [5, 5.41) is 9.85. The number of thioether (sulfide) groups is 1. The van der Waals surface area contributed by atoms with Crippen molar-refractivity contribution in [2.75, 3.05) is 25.2 Å². The van der Waals surface area contributed by atoms with Crippen LogP contribution in [0.4, 0.5) is 0 Å². The van der Waals surface area contributed by atoms with Crippen LogP contribution in [0.3, 0.4) is 0 Å². The van der Waals surface area contributed by atoms with E-state index in [2.05, 4.69) is 4.74 Å². The zero-order chi connectivity index (χ0) is 11.6. The number of carbonyl (C=O) groups excluding carboxylic acids is 1. The van der Waals surface area contributed by atoms with E-state index in [1.807, 2.05) is 11.8 Å². The Morgan fingerprint density at radius 3 is 3.12 bits per heavy atom. The molecule has 2 saturated heterocycles. The van der Waals surface area contributed by atoms with Gasteiger partial charge < -0.3 is 14.6 Å². The molecule has 0 aromatic rings. The molecule has 92 valence electrons. The van der Waals surface area contributed by atoms with Crippen LogP contribution in [0.15, 0.2) is 0 Å². The van der Waals surface area contributed by atoms with Crippen molar-refractivity contribution < 1.29 is 19.4 Å². The Bertz CT molecular complexity index is 263. The van der Waals surface area contributed by atoms with Crippen molar-refractivity contribution in [3.05, 3.63) is 0 Å². The predicted molar refractivity (Wildman–Crippen MR) is 61.4 cm³/mol. The van der Waals surface area contributed by atoms with Crippen molar-refractivity contribution in [2.45, 2.75) is 31.0 Å². The summed E-state index contributed by atoms with van der Waals surface area (Å²) in [6, 6.07) is 0. The predicted octanol–water partition coefficient (Wildman–Crippen LogP) is 0.823. The number of methoxy groups -OCH3 is 1. The van der Waals surface area contributed by atoms with Crippen molar-refractivity contribution in [3.63, 3.8) is 0 Å². The van der Waals surface area contributed by atoms with E-state index in [4.69, 9.17) is 4.74 Å². The van der Waals surface area contributed by atoms with Gasteiger partial charge in [0, 0.05) is 18.3 Å². The van der Waals surface area contributed by atoms with E-state index in [1.165, 1.54) is 7.11 Å². The van der Waals surface area contributed by atoms with Crippen LogP contribution in [0.1, 0.15) is 19.3 Å². The lowest BCUT2D eigenvalue weighted by Gasteiger charge is -2.38. The van der Waals surface area contributed by atoms with Crippen molar-refractivity contribution in [1.29, 1.82) is 0 Å². The first kappa shape index (κ1) is 12.2. The quantitative estimate of drug-likeness (QED) is 0.731. The molecule has 2 heterocycles. The second-order valence-electron chi connectivity index (χ2n) is 4.55. The van der Waals surface area contributed by atoms with E-state index in [9.17, 15) is 9.90 Å². The monoisotopic (exact) mass is 246 g/mol. The summed E-state index contributed by atoms with van der Waals surface area (Å²) in [4.78, 5) is 11.3. The van der Waals surface area contributed by atoms with Crippen LogP contribution in [0.2, 0.25) is 0 Å². The van der Waals surface area contributed by atoms with Gasteiger partial charge in [0.25, 0.3) is 0 Å². The van der Waals surface area contributed by atoms with E-state index in [-0.39, 0.29) is 11.5 Å². The zero-order valence-corrected chi connectivity index (χ0v) is 10.3. The topological polar surface area (TPSA) is 55.8 Å². The van der Waals surface area contributed by atoms with Crippen molar-refractivity contribution in [2.24, 2.45) is 5.92 Å². The molecule has 0 radical (unpaired) electrons. The van der Waals surface area contributed by atoms with Crippen molar-refractivity contribution >= 4 is 17.7 Å².